The number of carboxylic acid groups (broad SMARTS) is 1. The molecule has 10 heteroatoms. The molecule has 0 fully saturated rings. The molecule has 0 aliphatic rings. The molecule has 0 aliphatic carbocycles. The Bertz CT molecular complexity index is 1290. The number of benzene rings is 2. The molecular formula is C23H17F3N4O3. The minimum absolute atomic E-state index is 0.0799. The molecular weight excluding hydrogens is 437 g/mol. The van der Waals surface area contributed by atoms with E-state index in [0.717, 1.165) is 17.7 Å². The Balaban J connectivity index is 1.64. The van der Waals surface area contributed by atoms with Gasteiger partial charge >= 0.3 is 12.1 Å². The van der Waals surface area contributed by atoms with Crippen molar-refractivity contribution < 1.29 is 27.8 Å². The van der Waals surface area contributed by atoms with E-state index in [1.807, 2.05) is 6.92 Å². The second-order valence-electron chi connectivity index (χ2n) is 7.19. The largest absolute Gasteiger partial charge is 0.478 e. The summed E-state index contributed by atoms with van der Waals surface area (Å²) in [5.74, 6) is -0.339. The molecule has 4 rings (SSSR count). The molecule has 0 radical (unpaired) electrons. The third kappa shape index (κ3) is 4.84. The van der Waals surface area contributed by atoms with Gasteiger partial charge in [-0.15, -0.1) is 5.10 Å². The number of alkyl halides is 3. The first kappa shape index (κ1) is 22.0. The van der Waals surface area contributed by atoms with Crippen molar-refractivity contribution in [2.24, 2.45) is 0 Å². The van der Waals surface area contributed by atoms with E-state index in [2.05, 4.69) is 20.5 Å². The van der Waals surface area contributed by atoms with Crippen molar-refractivity contribution in [3.05, 3.63) is 83.7 Å². The number of halogens is 3. The van der Waals surface area contributed by atoms with Crippen molar-refractivity contribution in [3.63, 3.8) is 0 Å². The highest BCUT2D eigenvalue weighted by Gasteiger charge is 2.30. The fourth-order valence-electron chi connectivity index (χ4n) is 3.21. The smallest absolute Gasteiger partial charge is 0.416 e. The number of carbonyl (C=O) groups is 1. The van der Waals surface area contributed by atoms with Gasteiger partial charge in [0.05, 0.1) is 22.7 Å². The lowest BCUT2D eigenvalue weighted by Gasteiger charge is -2.17. The number of anilines is 1. The Hall–Kier alpha value is -4.21. The molecule has 0 saturated carbocycles. The maximum Gasteiger partial charge on any atom is 0.416 e. The number of aromatic carboxylic acids is 1. The van der Waals surface area contributed by atoms with Crippen LogP contribution in [0.2, 0.25) is 0 Å². The SMILES string of the molecule is C[C@H](Nc1nccc2cnnc(Oc3ccc(C(F)(F)F)cc3)c12)c1ccc(C(=O)O)cc1. The minimum atomic E-state index is -4.45. The van der Waals surface area contributed by atoms with E-state index in [1.54, 1.807) is 24.4 Å². The monoisotopic (exact) mass is 454 g/mol. The number of pyridine rings is 1. The number of nitrogens with one attached hydrogen (secondary N) is 1. The third-order valence-corrected chi connectivity index (χ3v) is 4.95. The molecule has 0 unspecified atom stereocenters. The molecule has 0 bridgehead atoms. The van der Waals surface area contributed by atoms with E-state index in [1.165, 1.54) is 30.5 Å². The van der Waals surface area contributed by atoms with Crippen molar-refractivity contribution in [2.45, 2.75) is 19.1 Å². The van der Waals surface area contributed by atoms with Crippen LogP contribution in [-0.2, 0) is 6.18 Å². The van der Waals surface area contributed by atoms with Crippen LogP contribution in [0.1, 0.15) is 34.5 Å². The standard InChI is InChI=1S/C23H17F3N4O3/c1-13(14-2-4-15(5-3-14)22(31)32)29-20-19-16(10-11-27-20)12-28-30-21(19)33-18-8-6-17(7-9-18)23(24,25)26/h2-13H,1H3,(H,27,29)(H,31,32)/t13-/m0/s1. The molecule has 7 nitrogen and oxygen atoms in total. The summed E-state index contributed by atoms with van der Waals surface area (Å²) in [4.78, 5) is 15.4. The van der Waals surface area contributed by atoms with E-state index < -0.39 is 17.7 Å². The maximum absolute atomic E-state index is 12.8. The average molecular weight is 454 g/mol. The van der Waals surface area contributed by atoms with Crippen molar-refractivity contribution >= 4 is 22.6 Å². The van der Waals surface area contributed by atoms with Crippen LogP contribution >= 0.6 is 0 Å². The predicted molar refractivity (Wildman–Crippen MR) is 114 cm³/mol. The lowest BCUT2D eigenvalue weighted by atomic mass is 10.1. The summed E-state index contributed by atoms with van der Waals surface area (Å²) in [6, 6.07) is 12.1. The van der Waals surface area contributed by atoms with Gasteiger partial charge in [0, 0.05) is 17.6 Å². The lowest BCUT2D eigenvalue weighted by molar-refractivity contribution is -0.137. The van der Waals surface area contributed by atoms with E-state index >= 15 is 0 Å². The van der Waals surface area contributed by atoms with Crippen LogP contribution in [0.25, 0.3) is 10.8 Å². The minimum Gasteiger partial charge on any atom is -0.478 e. The van der Waals surface area contributed by atoms with Crippen LogP contribution < -0.4 is 10.1 Å². The summed E-state index contributed by atoms with van der Waals surface area (Å²) in [7, 11) is 0. The average Bonchev–Trinajstić information content (AvgIpc) is 2.79. The number of hydrogen-bond acceptors (Lipinski definition) is 6. The molecule has 0 amide bonds. The summed E-state index contributed by atoms with van der Waals surface area (Å²) < 4.78 is 44.2. The quantitative estimate of drug-likeness (QED) is 0.385. The van der Waals surface area contributed by atoms with Crippen LogP contribution in [-0.4, -0.2) is 26.3 Å². The van der Waals surface area contributed by atoms with Gasteiger partial charge in [0.2, 0.25) is 0 Å². The number of ether oxygens (including phenoxy) is 1. The first-order chi connectivity index (χ1) is 15.7. The molecule has 2 heterocycles. The van der Waals surface area contributed by atoms with Crippen molar-refractivity contribution in [3.8, 4) is 11.6 Å². The van der Waals surface area contributed by atoms with Gasteiger partial charge in [-0.25, -0.2) is 9.78 Å². The second kappa shape index (κ2) is 8.73. The van der Waals surface area contributed by atoms with Gasteiger partial charge in [-0.2, -0.15) is 18.3 Å². The summed E-state index contributed by atoms with van der Waals surface area (Å²) in [6.45, 7) is 1.88. The summed E-state index contributed by atoms with van der Waals surface area (Å²) >= 11 is 0. The van der Waals surface area contributed by atoms with E-state index in [9.17, 15) is 18.0 Å². The maximum atomic E-state index is 12.8. The summed E-state index contributed by atoms with van der Waals surface area (Å²) in [5.41, 5.74) is 0.216. The van der Waals surface area contributed by atoms with Crippen molar-refractivity contribution in [1.82, 2.24) is 15.2 Å². The van der Waals surface area contributed by atoms with Crippen molar-refractivity contribution in [1.29, 1.82) is 0 Å². The van der Waals surface area contributed by atoms with Crippen LogP contribution in [0, 0.1) is 0 Å². The molecule has 168 valence electrons. The van der Waals surface area contributed by atoms with Crippen molar-refractivity contribution in [2.75, 3.05) is 5.32 Å². The van der Waals surface area contributed by atoms with Crippen LogP contribution in [0.15, 0.2) is 67.0 Å². The normalized spacial score (nSPS) is 12.4. The van der Waals surface area contributed by atoms with Crippen LogP contribution in [0.3, 0.4) is 0 Å². The first-order valence-corrected chi connectivity index (χ1v) is 9.77. The predicted octanol–water partition coefficient (Wildman–Crippen LogP) is 5.71. The fraction of sp³-hybridized carbons (Fsp3) is 0.130. The molecule has 0 aliphatic heterocycles. The number of aromatic nitrogens is 3. The molecule has 0 spiro atoms. The van der Waals surface area contributed by atoms with Gasteiger partial charge in [-0.1, -0.05) is 12.1 Å². The van der Waals surface area contributed by atoms with E-state index in [4.69, 9.17) is 9.84 Å². The highest BCUT2D eigenvalue weighted by molar-refractivity contribution is 5.95. The Kier molecular flexibility index (Phi) is 5.82. The summed E-state index contributed by atoms with van der Waals surface area (Å²) in [6.07, 6.45) is -1.35. The van der Waals surface area contributed by atoms with Gasteiger partial charge < -0.3 is 15.2 Å². The molecule has 4 aromatic rings. The Morgan fingerprint density at radius 3 is 2.39 bits per heavy atom. The topological polar surface area (TPSA) is 97.2 Å². The zero-order valence-electron chi connectivity index (χ0n) is 17.2. The third-order valence-electron chi connectivity index (χ3n) is 4.95. The Morgan fingerprint density at radius 2 is 1.76 bits per heavy atom. The first-order valence-electron chi connectivity index (χ1n) is 9.77. The number of fused-ring (bicyclic) bond motifs is 1. The van der Waals surface area contributed by atoms with Gasteiger partial charge in [0.25, 0.3) is 5.88 Å². The number of carboxylic acids is 1. The molecule has 0 saturated heterocycles. The van der Waals surface area contributed by atoms with Crippen LogP contribution in [0.5, 0.6) is 11.6 Å². The Labute approximate surface area is 185 Å². The number of nitrogens with zero attached hydrogens (tertiary/aromatic N) is 3. The van der Waals surface area contributed by atoms with Gasteiger partial charge in [-0.05, 0) is 55.0 Å². The van der Waals surface area contributed by atoms with E-state index in [0.29, 0.717) is 16.6 Å². The molecule has 1 atom stereocenters. The van der Waals surface area contributed by atoms with E-state index in [-0.39, 0.29) is 23.2 Å². The highest BCUT2D eigenvalue weighted by atomic mass is 19.4. The van der Waals surface area contributed by atoms with Gasteiger partial charge in [-0.3, -0.25) is 0 Å². The van der Waals surface area contributed by atoms with Crippen LogP contribution in [0.4, 0.5) is 19.0 Å². The highest BCUT2D eigenvalue weighted by Crippen LogP contribution is 2.35. The molecule has 2 N–H and O–H groups in total. The zero-order chi connectivity index (χ0) is 23.6. The second-order valence-corrected chi connectivity index (χ2v) is 7.19. The zero-order valence-corrected chi connectivity index (χ0v) is 17.2. The van der Waals surface area contributed by atoms with Gasteiger partial charge in [0.1, 0.15) is 11.6 Å². The van der Waals surface area contributed by atoms with Gasteiger partial charge in [0.15, 0.2) is 0 Å². The summed E-state index contributed by atoms with van der Waals surface area (Å²) in [5, 5.41) is 21.4. The lowest BCUT2D eigenvalue weighted by Crippen LogP contribution is -2.09. The molecule has 2 aromatic carbocycles. The molecule has 33 heavy (non-hydrogen) atoms. The number of rotatable bonds is 6. The molecule has 2 aromatic heterocycles. The Morgan fingerprint density at radius 1 is 1.06 bits per heavy atom. The number of hydrogen-bond donors (Lipinski definition) is 2. The fourth-order valence-corrected chi connectivity index (χ4v) is 3.21.